The molecule has 2 atom stereocenters. The minimum absolute atomic E-state index is 0.150. The number of aliphatic carboxylic acids is 1. The van der Waals surface area contributed by atoms with Crippen LogP contribution in [0.25, 0.3) is 11.1 Å². The summed E-state index contributed by atoms with van der Waals surface area (Å²) in [6.45, 7) is 5.62. The summed E-state index contributed by atoms with van der Waals surface area (Å²) in [6.07, 6.45) is 12.4. The number of rotatable bonds is 14. The van der Waals surface area contributed by atoms with Crippen LogP contribution in [0.4, 0.5) is 0 Å². The van der Waals surface area contributed by atoms with Gasteiger partial charge in [-0.3, -0.25) is 4.79 Å². The molecule has 2 fully saturated rings. The van der Waals surface area contributed by atoms with E-state index in [0.29, 0.717) is 23.7 Å². The molecule has 1 aliphatic carbocycles. The van der Waals surface area contributed by atoms with Crippen LogP contribution in [0.5, 0.6) is 0 Å². The van der Waals surface area contributed by atoms with E-state index in [2.05, 4.69) is 10.2 Å². The van der Waals surface area contributed by atoms with Gasteiger partial charge in [-0.15, -0.1) is 0 Å². The van der Waals surface area contributed by atoms with Gasteiger partial charge in [-0.1, -0.05) is 68.9 Å². The van der Waals surface area contributed by atoms with Gasteiger partial charge in [0.15, 0.2) is 0 Å². The molecule has 2 N–H and O–H groups in total. The number of nitrogens with zero attached hydrogens (tertiary/aromatic N) is 1. The highest BCUT2D eigenvalue weighted by Gasteiger charge is 2.26. The van der Waals surface area contributed by atoms with Crippen LogP contribution in [0.3, 0.4) is 0 Å². The summed E-state index contributed by atoms with van der Waals surface area (Å²) in [4.78, 5) is 27.8. The Balaban J connectivity index is 1.54. The van der Waals surface area contributed by atoms with E-state index in [-0.39, 0.29) is 18.3 Å². The van der Waals surface area contributed by atoms with E-state index in [4.69, 9.17) is 4.74 Å². The van der Waals surface area contributed by atoms with Crippen LogP contribution in [-0.4, -0.2) is 74.1 Å². The van der Waals surface area contributed by atoms with Crippen molar-refractivity contribution in [3.63, 3.8) is 0 Å². The first-order valence-electron chi connectivity index (χ1n) is 15.8. The molecule has 1 heterocycles. The van der Waals surface area contributed by atoms with Crippen molar-refractivity contribution < 1.29 is 27.9 Å². The number of amides is 1. The zero-order valence-electron chi connectivity index (χ0n) is 25.7. The molecular formula is C34H48N2O6S. The number of likely N-dealkylation sites (tertiary alicyclic amines) is 1. The van der Waals surface area contributed by atoms with E-state index < -0.39 is 27.8 Å². The summed E-state index contributed by atoms with van der Waals surface area (Å²) in [5.41, 5.74) is 3.86. The van der Waals surface area contributed by atoms with Crippen molar-refractivity contribution in [3.05, 3.63) is 59.2 Å². The van der Waals surface area contributed by atoms with Gasteiger partial charge < -0.3 is 20.1 Å². The number of benzene rings is 2. The molecule has 2 aromatic rings. The molecule has 4 rings (SSSR count). The summed E-state index contributed by atoms with van der Waals surface area (Å²) in [6, 6.07) is 12.0. The second-order valence-corrected chi connectivity index (χ2v) is 14.8. The van der Waals surface area contributed by atoms with E-state index in [0.717, 1.165) is 49.0 Å². The fourth-order valence-corrected chi connectivity index (χ4v) is 7.10. The molecule has 0 bridgehead atoms. The molecule has 236 valence electrons. The van der Waals surface area contributed by atoms with Crippen LogP contribution in [0.2, 0.25) is 0 Å². The number of hydrogen-bond acceptors (Lipinski definition) is 6. The summed E-state index contributed by atoms with van der Waals surface area (Å²) in [5, 5.41) is 12.2. The fraction of sp³-hybridized carbons (Fsp3) is 0.588. The topological polar surface area (TPSA) is 113 Å². The zero-order chi connectivity index (χ0) is 30.8. The number of sulfone groups is 1. The zero-order valence-corrected chi connectivity index (χ0v) is 26.5. The Bertz CT molecular complexity index is 1310. The van der Waals surface area contributed by atoms with Crippen LogP contribution >= 0.6 is 0 Å². The average molecular weight is 613 g/mol. The van der Waals surface area contributed by atoms with Crippen molar-refractivity contribution in [2.45, 2.75) is 89.9 Å². The molecule has 2 aliphatic rings. The van der Waals surface area contributed by atoms with Crippen LogP contribution in [0, 0.1) is 12.8 Å². The average Bonchev–Trinajstić information content (AvgIpc) is 2.98. The smallest absolute Gasteiger partial charge is 0.326 e. The second-order valence-electron chi connectivity index (χ2n) is 12.5. The maximum absolute atomic E-state index is 13.4. The van der Waals surface area contributed by atoms with Crippen LogP contribution in [0.1, 0.15) is 85.7 Å². The van der Waals surface area contributed by atoms with Crippen molar-refractivity contribution in [1.29, 1.82) is 0 Å². The monoisotopic (exact) mass is 612 g/mol. The number of hydrogen-bond donors (Lipinski definition) is 2. The van der Waals surface area contributed by atoms with Gasteiger partial charge in [0.2, 0.25) is 0 Å². The number of carboxylic acid groups (broad SMARTS) is 1. The van der Waals surface area contributed by atoms with Crippen LogP contribution in [0.15, 0.2) is 42.5 Å². The molecule has 0 aromatic heterocycles. The van der Waals surface area contributed by atoms with E-state index in [9.17, 15) is 23.1 Å². The van der Waals surface area contributed by atoms with Gasteiger partial charge in [0.25, 0.3) is 5.91 Å². The molecule has 9 heteroatoms. The lowest BCUT2D eigenvalue weighted by atomic mass is 9.85. The Morgan fingerprint density at radius 1 is 1.00 bits per heavy atom. The van der Waals surface area contributed by atoms with Gasteiger partial charge in [0, 0.05) is 18.4 Å². The lowest BCUT2D eigenvalue weighted by Crippen LogP contribution is -2.42. The Kier molecular flexibility index (Phi) is 12.2. The van der Waals surface area contributed by atoms with E-state index in [1.165, 1.54) is 51.4 Å². The number of piperidine rings is 1. The highest BCUT2D eigenvalue weighted by Crippen LogP contribution is 2.31. The summed E-state index contributed by atoms with van der Waals surface area (Å²) in [7, 11) is -3.38. The predicted octanol–water partition coefficient (Wildman–Crippen LogP) is 5.62. The van der Waals surface area contributed by atoms with Crippen molar-refractivity contribution >= 4 is 21.7 Å². The highest BCUT2D eigenvalue weighted by atomic mass is 32.2. The number of carboxylic acids is 1. The Hall–Kier alpha value is -2.75. The minimum Gasteiger partial charge on any atom is -0.480 e. The molecule has 1 saturated heterocycles. The predicted molar refractivity (Wildman–Crippen MR) is 170 cm³/mol. The summed E-state index contributed by atoms with van der Waals surface area (Å²) in [5.74, 6) is -1.43. The Morgan fingerprint density at radius 2 is 1.70 bits per heavy atom. The third kappa shape index (κ3) is 10.4. The van der Waals surface area contributed by atoms with Gasteiger partial charge in [-0.2, -0.15) is 0 Å². The molecule has 8 nitrogen and oxygen atoms in total. The molecule has 1 aliphatic heterocycles. The SMILES string of the molecule is Cc1ccccc1-c1cc(COC(CC2CCCCC2)CN2CCCCC2)ccc1C(=O)NC(CCS(C)(=O)=O)C(=O)O. The highest BCUT2D eigenvalue weighted by molar-refractivity contribution is 7.90. The molecule has 1 saturated carbocycles. The van der Waals surface area contributed by atoms with E-state index >= 15 is 0 Å². The van der Waals surface area contributed by atoms with Gasteiger partial charge in [-0.05, 0) is 86.0 Å². The lowest BCUT2D eigenvalue weighted by Gasteiger charge is -2.33. The van der Waals surface area contributed by atoms with E-state index in [1.807, 2.05) is 43.3 Å². The van der Waals surface area contributed by atoms with Gasteiger partial charge >= 0.3 is 5.97 Å². The van der Waals surface area contributed by atoms with Gasteiger partial charge in [0.05, 0.1) is 18.5 Å². The molecule has 0 radical (unpaired) electrons. The maximum atomic E-state index is 13.4. The van der Waals surface area contributed by atoms with Crippen LogP contribution < -0.4 is 5.32 Å². The van der Waals surface area contributed by atoms with Crippen molar-refractivity contribution in [3.8, 4) is 11.1 Å². The Labute approximate surface area is 257 Å². The molecular weight excluding hydrogens is 564 g/mol. The number of aryl methyl sites for hydroxylation is 1. The number of carbonyl (C=O) groups is 2. The first-order chi connectivity index (χ1) is 20.6. The van der Waals surface area contributed by atoms with E-state index in [1.54, 1.807) is 6.07 Å². The van der Waals surface area contributed by atoms with Crippen molar-refractivity contribution in [2.75, 3.05) is 31.6 Å². The third-order valence-corrected chi connectivity index (χ3v) is 9.84. The first kappa shape index (κ1) is 33.1. The largest absolute Gasteiger partial charge is 0.480 e. The van der Waals surface area contributed by atoms with Crippen molar-refractivity contribution in [2.24, 2.45) is 5.92 Å². The van der Waals surface area contributed by atoms with Gasteiger partial charge in [-0.25, -0.2) is 13.2 Å². The standard InChI is InChI=1S/C34H48N2O6S/c1-25-11-7-8-14-29(25)31-22-27(15-16-30(31)33(37)35-32(34(38)39)17-20-43(2,40)41)24-42-28(21-26-12-5-3-6-13-26)23-36-18-9-4-10-19-36/h7-8,11,14-16,22,26,28,32H,3-6,9-10,12-13,17-21,23-24H2,1-2H3,(H,35,37)(H,38,39). The molecule has 2 unspecified atom stereocenters. The minimum atomic E-state index is -3.38. The van der Waals surface area contributed by atoms with Crippen molar-refractivity contribution in [1.82, 2.24) is 10.2 Å². The summed E-state index contributed by atoms with van der Waals surface area (Å²) < 4.78 is 29.9. The molecule has 1 amide bonds. The molecule has 2 aromatic carbocycles. The number of carbonyl (C=O) groups excluding carboxylic acids is 1. The first-order valence-corrected chi connectivity index (χ1v) is 17.9. The normalized spacial score (nSPS) is 18.2. The third-order valence-electron chi connectivity index (χ3n) is 8.86. The quantitative estimate of drug-likeness (QED) is 0.285. The maximum Gasteiger partial charge on any atom is 0.326 e. The molecule has 0 spiro atoms. The lowest BCUT2D eigenvalue weighted by molar-refractivity contribution is -0.139. The second kappa shape index (κ2) is 15.8. The molecule has 43 heavy (non-hydrogen) atoms. The fourth-order valence-electron chi connectivity index (χ4n) is 6.44. The number of ether oxygens (including phenoxy) is 1. The van der Waals surface area contributed by atoms with Gasteiger partial charge in [0.1, 0.15) is 15.9 Å². The Morgan fingerprint density at radius 3 is 2.37 bits per heavy atom. The summed E-state index contributed by atoms with van der Waals surface area (Å²) >= 11 is 0. The van der Waals surface area contributed by atoms with Crippen LogP contribution in [-0.2, 0) is 26.0 Å². The number of nitrogens with one attached hydrogen (secondary N) is 1.